The third-order valence-corrected chi connectivity index (χ3v) is 2.51. The van der Waals surface area contributed by atoms with Crippen LogP contribution >= 0.6 is 0 Å². The average molecular weight is 250 g/mol. The fourth-order valence-electron chi connectivity index (χ4n) is 1.62. The Morgan fingerprint density at radius 3 is 2.78 bits per heavy atom. The van der Waals surface area contributed by atoms with Gasteiger partial charge in [-0.15, -0.1) is 0 Å². The Bertz CT molecular complexity index is 404. The standard InChI is InChI=1S/C13H22N4O/c1-4-5-11-8-10(9-12(14)16-11)13(18)15-6-7-17(2)3/h8-9H,4-7H2,1-3H3,(H2,14,16)(H,15,18). The second kappa shape index (κ2) is 6.96. The Hall–Kier alpha value is -1.62. The van der Waals surface area contributed by atoms with E-state index >= 15 is 0 Å². The Labute approximate surface area is 108 Å². The van der Waals surface area contributed by atoms with Crippen molar-refractivity contribution in [3.05, 3.63) is 23.4 Å². The maximum atomic E-state index is 11.9. The summed E-state index contributed by atoms with van der Waals surface area (Å²) in [5.74, 6) is 0.307. The summed E-state index contributed by atoms with van der Waals surface area (Å²) in [7, 11) is 3.94. The highest BCUT2D eigenvalue weighted by atomic mass is 16.1. The first-order chi connectivity index (χ1) is 8.52. The molecule has 0 fully saturated rings. The summed E-state index contributed by atoms with van der Waals surface area (Å²) in [6, 6.07) is 3.43. The van der Waals surface area contributed by atoms with Crippen molar-refractivity contribution in [3.63, 3.8) is 0 Å². The van der Waals surface area contributed by atoms with Crippen molar-refractivity contribution in [2.24, 2.45) is 0 Å². The van der Waals surface area contributed by atoms with Crippen LogP contribution in [-0.2, 0) is 6.42 Å². The van der Waals surface area contributed by atoms with Gasteiger partial charge in [-0.1, -0.05) is 13.3 Å². The van der Waals surface area contributed by atoms with Gasteiger partial charge >= 0.3 is 0 Å². The van der Waals surface area contributed by atoms with Gasteiger partial charge in [0.05, 0.1) is 0 Å². The summed E-state index contributed by atoms with van der Waals surface area (Å²) < 4.78 is 0. The van der Waals surface area contributed by atoms with E-state index in [0.29, 0.717) is 17.9 Å². The minimum atomic E-state index is -0.0942. The molecule has 0 aromatic carbocycles. The molecule has 1 aromatic heterocycles. The van der Waals surface area contributed by atoms with Crippen LogP contribution in [0.4, 0.5) is 5.82 Å². The predicted octanol–water partition coefficient (Wildman–Crippen LogP) is 0.908. The largest absolute Gasteiger partial charge is 0.384 e. The third-order valence-electron chi connectivity index (χ3n) is 2.51. The van der Waals surface area contributed by atoms with Crippen molar-refractivity contribution < 1.29 is 4.79 Å². The third kappa shape index (κ3) is 4.71. The average Bonchev–Trinajstić information content (AvgIpc) is 2.28. The zero-order valence-corrected chi connectivity index (χ0v) is 11.4. The molecule has 1 rings (SSSR count). The van der Waals surface area contributed by atoms with Crippen molar-refractivity contribution >= 4 is 11.7 Å². The van der Waals surface area contributed by atoms with Crippen LogP contribution in [0.2, 0.25) is 0 Å². The quantitative estimate of drug-likeness (QED) is 0.787. The van der Waals surface area contributed by atoms with Crippen molar-refractivity contribution in [2.45, 2.75) is 19.8 Å². The van der Waals surface area contributed by atoms with Gasteiger partial charge in [-0.2, -0.15) is 0 Å². The van der Waals surface area contributed by atoms with Gasteiger partial charge < -0.3 is 16.0 Å². The van der Waals surface area contributed by atoms with E-state index in [2.05, 4.69) is 17.2 Å². The van der Waals surface area contributed by atoms with E-state index in [1.807, 2.05) is 25.1 Å². The summed E-state index contributed by atoms with van der Waals surface area (Å²) in [4.78, 5) is 18.1. The number of hydrogen-bond acceptors (Lipinski definition) is 4. The number of anilines is 1. The molecule has 18 heavy (non-hydrogen) atoms. The zero-order chi connectivity index (χ0) is 13.5. The fourth-order valence-corrected chi connectivity index (χ4v) is 1.62. The molecule has 0 aliphatic heterocycles. The van der Waals surface area contributed by atoms with Crippen LogP contribution in [0.25, 0.3) is 0 Å². The summed E-state index contributed by atoms with van der Waals surface area (Å²) >= 11 is 0. The Kier molecular flexibility index (Phi) is 5.58. The van der Waals surface area contributed by atoms with Crippen LogP contribution < -0.4 is 11.1 Å². The molecule has 0 saturated heterocycles. The Balaban J connectivity index is 2.66. The van der Waals surface area contributed by atoms with Gasteiger partial charge in [0.1, 0.15) is 5.82 Å². The molecule has 0 bridgehead atoms. The molecular formula is C13H22N4O. The van der Waals surface area contributed by atoms with Crippen LogP contribution in [0.1, 0.15) is 29.4 Å². The molecule has 0 atom stereocenters. The molecule has 0 unspecified atom stereocenters. The van der Waals surface area contributed by atoms with Gasteiger partial charge in [0.15, 0.2) is 0 Å². The van der Waals surface area contributed by atoms with Crippen LogP contribution in [0.5, 0.6) is 0 Å². The second-order valence-electron chi connectivity index (χ2n) is 4.58. The molecule has 0 radical (unpaired) electrons. The van der Waals surface area contributed by atoms with E-state index in [4.69, 9.17) is 5.73 Å². The molecule has 0 saturated carbocycles. The van der Waals surface area contributed by atoms with Gasteiger partial charge in [0, 0.05) is 24.3 Å². The maximum Gasteiger partial charge on any atom is 0.251 e. The molecule has 0 aliphatic carbocycles. The van der Waals surface area contributed by atoms with Gasteiger partial charge in [0.2, 0.25) is 0 Å². The number of hydrogen-bond donors (Lipinski definition) is 2. The normalized spacial score (nSPS) is 10.7. The lowest BCUT2D eigenvalue weighted by Gasteiger charge is -2.11. The number of nitrogen functional groups attached to an aromatic ring is 1. The minimum Gasteiger partial charge on any atom is -0.384 e. The summed E-state index contributed by atoms with van der Waals surface area (Å²) in [5, 5.41) is 2.86. The van der Waals surface area contributed by atoms with Gasteiger partial charge in [-0.3, -0.25) is 4.79 Å². The number of carbonyl (C=O) groups is 1. The number of likely N-dealkylation sites (N-methyl/N-ethyl adjacent to an activating group) is 1. The highest BCUT2D eigenvalue weighted by Crippen LogP contribution is 2.09. The Morgan fingerprint density at radius 2 is 2.17 bits per heavy atom. The van der Waals surface area contributed by atoms with Crippen LogP contribution in [0.15, 0.2) is 12.1 Å². The van der Waals surface area contributed by atoms with Crippen molar-refractivity contribution in [1.82, 2.24) is 15.2 Å². The first-order valence-corrected chi connectivity index (χ1v) is 6.22. The molecule has 5 heteroatoms. The van der Waals surface area contributed by atoms with Crippen molar-refractivity contribution in [2.75, 3.05) is 32.9 Å². The lowest BCUT2D eigenvalue weighted by Crippen LogP contribution is -2.31. The number of pyridine rings is 1. The molecule has 1 aromatic rings. The van der Waals surface area contributed by atoms with Crippen LogP contribution in [-0.4, -0.2) is 43.0 Å². The monoisotopic (exact) mass is 250 g/mol. The molecule has 1 amide bonds. The summed E-state index contributed by atoms with van der Waals surface area (Å²) in [5.41, 5.74) is 7.16. The smallest absolute Gasteiger partial charge is 0.251 e. The number of amides is 1. The second-order valence-corrected chi connectivity index (χ2v) is 4.58. The topological polar surface area (TPSA) is 71.2 Å². The van der Waals surface area contributed by atoms with E-state index < -0.39 is 0 Å². The zero-order valence-electron chi connectivity index (χ0n) is 11.4. The van der Waals surface area contributed by atoms with Crippen molar-refractivity contribution in [1.29, 1.82) is 0 Å². The molecule has 100 valence electrons. The highest BCUT2D eigenvalue weighted by Gasteiger charge is 2.08. The van der Waals surface area contributed by atoms with Crippen LogP contribution in [0.3, 0.4) is 0 Å². The molecule has 1 heterocycles. The first-order valence-electron chi connectivity index (χ1n) is 6.22. The first kappa shape index (κ1) is 14.4. The number of nitrogens with one attached hydrogen (secondary N) is 1. The SMILES string of the molecule is CCCc1cc(C(=O)NCCN(C)C)cc(N)n1. The van der Waals surface area contributed by atoms with E-state index in [1.54, 1.807) is 6.07 Å². The number of nitrogens with two attached hydrogens (primary N) is 1. The lowest BCUT2D eigenvalue weighted by molar-refractivity contribution is 0.0951. The highest BCUT2D eigenvalue weighted by molar-refractivity contribution is 5.94. The summed E-state index contributed by atoms with van der Waals surface area (Å²) in [6.45, 7) is 3.51. The van der Waals surface area contributed by atoms with E-state index in [-0.39, 0.29) is 5.91 Å². The predicted molar refractivity (Wildman–Crippen MR) is 73.5 cm³/mol. The molecule has 5 nitrogen and oxygen atoms in total. The van der Waals surface area contributed by atoms with Gasteiger partial charge in [-0.05, 0) is 32.6 Å². The van der Waals surface area contributed by atoms with E-state index in [9.17, 15) is 4.79 Å². The maximum absolute atomic E-state index is 11.9. The number of aryl methyl sites for hydroxylation is 1. The van der Waals surface area contributed by atoms with Gasteiger partial charge in [-0.25, -0.2) is 4.98 Å². The fraction of sp³-hybridized carbons (Fsp3) is 0.538. The lowest BCUT2D eigenvalue weighted by atomic mass is 10.1. The minimum absolute atomic E-state index is 0.0942. The van der Waals surface area contributed by atoms with Gasteiger partial charge in [0.25, 0.3) is 5.91 Å². The number of rotatable bonds is 6. The van der Waals surface area contributed by atoms with Crippen molar-refractivity contribution in [3.8, 4) is 0 Å². The molecule has 0 aliphatic rings. The number of carbonyl (C=O) groups excluding carboxylic acids is 1. The van der Waals surface area contributed by atoms with E-state index in [1.165, 1.54) is 0 Å². The Morgan fingerprint density at radius 1 is 1.44 bits per heavy atom. The number of aromatic nitrogens is 1. The molecule has 0 spiro atoms. The van der Waals surface area contributed by atoms with Crippen LogP contribution in [0, 0.1) is 0 Å². The molecular weight excluding hydrogens is 228 g/mol. The number of nitrogens with zero attached hydrogens (tertiary/aromatic N) is 2. The molecule has 3 N–H and O–H groups in total. The summed E-state index contributed by atoms with van der Waals surface area (Å²) in [6.07, 6.45) is 1.82. The van der Waals surface area contributed by atoms with E-state index in [0.717, 1.165) is 25.1 Å².